The molecule has 2 saturated heterocycles. The van der Waals surface area contributed by atoms with E-state index >= 15 is 0 Å². The molecule has 1 aromatic heterocycles. The first-order valence-corrected chi connectivity index (χ1v) is 7.28. The van der Waals surface area contributed by atoms with Gasteiger partial charge in [-0.3, -0.25) is 0 Å². The molecule has 1 aromatic rings. The molecule has 0 amide bonds. The van der Waals surface area contributed by atoms with E-state index in [9.17, 15) is 5.11 Å². The van der Waals surface area contributed by atoms with Crippen LogP contribution < -0.4 is 4.90 Å². The van der Waals surface area contributed by atoms with Crippen LogP contribution in [0.2, 0.25) is 5.02 Å². The summed E-state index contributed by atoms with van der Waals surface area (Å²) in [5, 5.41) is 10.9. The molecule has 0 unspecified atom stereocenters. The maximum absolute atomic E-state index is 10.2. The van der Waals surface area contributed by atoms with Gasteiger partial charge in [0.1, 0.15) is 5.82 Å². The quantitative estimate of drug-likeness (QED) is 0.902. The zero-order valence-electron chi connectivity index (χ0n) is 10.8. The van der Waals surface area contributed by atoms with Gasteiger partial charge < -0.3 is 14.7 Å². The summed E-state index contributed by atoms with van der Waals surface area (Å²) < 4.78 is 5.54. The van der Waals surface area contributed by atoms with Crippen molar-refractivity contribution in [3.63, 3.8) is 0 Å². The third-order valence-corrected chi connectivity index (χ3v) is 4.46. The van der Waals surface area contributed by atoms with Gasteiger partial charge in [0, 0.05) is 31.3 Å². The van der Waals surface area contributed by atoms with Crippen molar-refractivity contribution in [1.82, 2.24) is 4.98 Å². The zero-order valence-corrected chi connectivity index (χ0v) is 11.6. The average Bonchev–Trinajstić information content (AvgIpc) is 2.89. The third kappa shape index (κ3) is 2.57. The molecule has 0 bridgehead atoms. The molecule has 2 aliphatic rings. The molecule has 2 fully saturated rings. The predicted molar refractivity (Wildman–Crippen MR) is 74.5 cm³/mol. The Morgan fingerprint density at radius 1 is 1.42 bits per heavy atom. The molecular weight excluding hydrogens is 264 g/mol. The highest BCUT2D eigenvalue weighted by atomic mass is 35.5. The summed E-state index contributed by atoms with van der Waals surface area (Å²) in [7, 11) is 0. The molecule has 3 atom stereocenters. The summed E-state index contributed by atoms with van der Waals surface area (Å²) in [4.78, 5) is 6.64. The highest BCUT2D eigenvalue weighted by Crippen LogP contribution is 2.35. The minimum Gasteiger partial charge on any atom is -0.393 e. The van der Waals surface area contributed by atoms with Crippen LogP contribution >= 0.6 is 11.6 Å². The normalized spacial score (nSPS) is 31.7. The van der Waals surface area contributed by atoms with Gasteiger partial charge in [0.25, 0.3) is 0 Å². The van der Waals surface area contributed by atoms with E-state index in [1.165, 1.54) is 0 Å². The molecule has 0 aromatic carbocycles. The van der Waals surface area contributed by atoms with Crippen molar-refractivity contribution >= 4 is 17.4 Å². The topological polar surface area (TPSA) is 45.6 Å². The molecule has 0 saturated carbocycles. The first-order chi connectivity index (χ1) is 9.27. The third-order valence-electron chi connectivity index (χ3n) is 4.17. The Balaban J connectivity index is 1.83. The average molecular weight is 283 g/mol. The first kappa shape index (κ1) is 13.2. The van der Waals surface area contributed by atoms with Gasteiger partial charge in [-0.25, -0.2) is 4.98 Å². The van der Waals surface area contributed by atoms with E-state index in [0.29, 0.717) is 18.2 Å². The summed E-state index contributed by atoms with van der Waals surface area (Å²) in [6, 6.07) is 3.99. The van der Waals surface area contributed by atoms with E-state index in [2.05, 4.69) is 9.88 Å². The van der Waals surface area contributed by atoms with Crippen LogP contribution in [0.15, 0.2) is 18.3 Å². The zero-order chi connectivity index (χ0) is 13.2. The van der Waals surface area contributed by atoms with Crippen molar-refractivity contribution in [2.75, 3.05) is 24.7 Å². The van der Waals surface area contributed by atoms with Crippen molar-refractivity contribution in [3.05, 3.63) is 23.4 Å². The SMILES string of the molecule is O[C@@H]1CCOC[C@H]1[C@H]1CCCN1c1ncccc1Cl. The molecule has 0 spiro atoms. The summed E-state index contributed by atoms with van der Waals surface area (Å²) in [5.74, 6) is 0.999. The molecule has 4 nitrogen and oxygen atoms in total. The van der Waals surface area contributed by atoms with Gasteiger partial charge in [0.05, 0.1) is 17.7 Å². The fourth-order valence-electron chi connectivity index (χ4n) is 3.21. The number of aliphatic hydroxyl groups is 1. The molecule has 5 heteroatoms. The van der Waals surface area contributed by atoms with Crippen molar-refractivity contribution in [2.24, 2.45) is 5.92 Å². The number of anilines is 1. The molecule has 0 aliphatic carbocycles. The molecule has 104 valence electrons. The van der Waals surface area contributed by atoms with Gasteiger partial charge >= 0.3 is 0 Å². The van der Waals surface area contributed by atoms with E-state index in [1.54, 1.807) is 6.20 Å². The number of hydrogen-bond acceptors (Lipinski definition) is 4. The maximum atomic E-state index is 10.2. The number of ether oxygens (including phenoxy) is 1. The van der Waals surface area contributed by atoms with Gasteiger partial charge in [-0.05, 0) is 31.4 Å². The highest BCUT2D eigenvalue weighted by Gasteiger charge is 2.38. The van der Waals surface area contributed by atoms with Gasteiger partial charge in [-0.2, -0.15) is 0 Å². The second-order valence-corrected chi connectivity index (χ2v) is 5.71. The highest BCUT2D eigenvalue weighted by molar-refractivity contribution is 6.32. The van der Waals surface area contributed by atoms with Crippen molar-refractivity contribution < 1.29 is 9.84 Å². The van der Waals surface area contributed by atoms with E-state index in [4.69, 9.17) is 16.3 Å². The van der Waals surface area contributed by atoms with E-state index in [0.717, 1.165) is 31.6 Å². The standard InChI is InChI=1S/C14H19ClN2O2/c15-11-3-1-6-16-14(11)17-7-2-4-12(17)10-9-19-8-5-13(10)18/h1,3,6,10,12-13,18H,2,4-5,7-9H2/t10-,12+,13+/m0/s1. The maximum Gasteiger partial charge on any atom is 0.147 e. The molecule has 1 N–H and O–H groups in total. The summed E-state index contributed by atoms with van der Waals surface area (Å²) in [5.41, 5.74) is 0. The van der Waals surface area contributed by atoms with Crippen LogP contribution in [-0.4, -0.2) is 42.0 Å². The second kappa shape index (κ2) is 5.65. The fraction of sp³-hybridized carbons (Fsp3) is 0.643. The van der Waals surface area contributed by atoms with Crippen molar-refractivity contribution in [3.8, 4) is 0 Å². The minimum atomic E-state index is -0.276. The Labute approximate surface area is 118 Å². The van der Waals surface area contributed by atoms with Crippen LogP contribution in [0.5, 0.6) is 0 Å². The number of aromatic nitrogens is 1. The Bertz CT molecular complexity index is 443. The van der Waals surface area contributed by atoms with E-state index in [1.807, 2.05) is 12.1 Å². The monoisotopic (exact) mass is 282 g/mol. The van der Waals surface area contributed by atoms with Crippen LogP contribution in [0.1, 0.15) is 19.3 Å². The Kier molecular flexibility index (Phi) is 3.91. The largest absolute Gasteiger partial charge is 0.393 e. The van der Waals surface area contributed by atoms with Gasteiger partial charge in [0.2, 0.25) is 0 Å². The second-order valence-electron chi connectivity index (χ2n) is 5.31. The lowest BCUT2D eigenvalue weighted by molar-refractivity contribution is -0.0438. The predicted octanol–water partition coefficient (Wildman–Crippen LogP) is 2.10. The van der Waals surface area contributed by atoms with Crippen LogP contribution in [0, 0.1) is 5.92 Å². The van der Waals surface area contributed by atoms with Crippen LogP contribution in [0.3, 0.4) is 0 Å². The van der Waals surface area contributed by atoms with Gasteiger partial charge in [0.15, 0.2) is 0 Å². The van der Waals surface area contributed by atoms with Crippen LogP contribution in [0.4, 0.5) is 5.82 Å². The Morgan fingerprint density at radius 3 is 3.11 bits per heavy atom. The fourth-order valence-corrected chi connectivity index (χ4v) is 3.44. The Morgan fingerprint density at radius 2 is 2.32 bits per heavy atom. The summed E-state index contributed by atoms with van der Waals surface area (Å²) >= 11 is 6.25. The van der Waals surface area contributed by atoms with Gasteiger partial charge in [-0.1, -0.05) is 11.6 Å². The minimum absolute atomic E-state index is 0.161. The summed E-state index contributed by atoms with van der Waals surface area (Å²) in [6.45, 7) is 2.24. The van der Waals surface area contributed by atoms with Crippen molar-refractivity contribution in [1.29, 1.82) is 0 Å². The molecule has 19 heavy (non-hydrogen) atoms. The van der Waals surface area contributed by atoms with Crippen molar-refractivity contribution in [2.45, 2.75) is 31.4 Å². The summed E-state index contributed by atoms with van der Waals surface area (Å²) in [6.07, 6.45) is 4.40. The molecule has 3 rings (SSSR count). The van der Waals surface area contributed by atoms with Crippen LogP contribution in [0.25, 0.3) is 0 Å². The Hall–Kier alpha value is -0.840. The number of pyridine rings is 1. The number of nitrogens with zero attached hydrogens (tertiary/aromatic N) is 2. The smallest absolute Gasteiger partial charge is 0.147 e. The number of aliphatic hydroxyl groups excluding tert-OH is 1. The number of hydrogen-bond donors (Lipinski definition) is 1. The molecular formula is C14H19ClN2O2. The van der Waals surface area contributed by atoms with Gasteiger partial charge in [-0.15, -0.1) is 0 Å². The molecule has 0 radical (unpaired) electrons. The van der Waals surface area contributed by atoms with E-state index in [-0.39, 0.29) is 18.1 Å². The first-order valence-electron chi connectivity index (χ1n) is 6.90. The molecule has 3 heterocycles. The number of rotatable bonds is 2. The number of halogens is 1. The molecule has 2 aliphatic heterocycles. The van der Waals surface area contributed by atoms with Crippen LogP contribution in [-0.2, 0) is 4.74 Å². The lowest BCUT2D eigenvalue weighted by Gasteiger charge is -2.37. The van der Waals surface area contributed by atoms with E-state index < -0.39 is 0 Å². The lowest BCUT2D eigenvalue weighted by Crippen LogP contribution is -2.46. The lowest BCUT2D eigenvalue weighted by atomic mass is 9.89.